The highest BCUT2D eigenvalue weighted by molar-refractivity contribution is 8.01. The van der Waals surface area contributed by atoms with Crippen molar-refractivity contribution in [3.63, 3.8) is 0 Å². The van der Waals surface area contributed by atoms with Gasteiger partial charge in [0.15, 0.2) is 5.37 Å². The van der Waals surface area contributed by atoms with Crippen LogP contribution in [0.5, 0.6) is 0 Å². The summed E-state index contributed by atoms with van der Waals surface area (Å²) in [5, 5.41) is 5.94. The monoisotopic (exact) mass is 395 g/mol. The number of thioether (sulfide) groups is 3. The molecule has 134 valence electrons. The summed E-state index contributed by atoms with van der Waals surface area (Å²) >= 11 is 5.13. The molecule has 2 fully saturated rings. The van der Waals surface area contributed by atoms with Gasteiger partial charge in [0.2, 0.25) is 5.91 Å². The number of anilines is 1. The van der Waals surface area contributed by atoms with E-state index in [1.165, 1.54) is 11.8 Å². The lowest BCUT2D eigenvalue weighted by Crippen LogP contribution is -2.49. The maximum Gasteiger partial charge on any atom is 0.254 e. The summed E-state index contributed by atoms with van der Waals surface area (Å²) in [6.45, 7) is 1.67. The van der Waals surface area contributed by atoms with E-state index in [1.54, 1.807) is 11.8 Å². The molecule has 0 radical (unpaired) electrons. The van der Waals surface area contributed by atoms with Crippen LogP contribution in [0, 0.1) is 5.92 Å². The number of benzene rings is 1. The highest BCUT2D eigenvalue weighted by Crippen LogP contribution is 2.39. The molecule has 0 bridgehead atoms. The molecule has 3 aliphatic rings. The predicted octanol–water partition coefficient (Wildman–Crippen LogP) is 2.30. The second kappa shape index (κ2) is 7.72. The minimum atomic E-state index is -0.319. The normalized spacial score (nSPS) is 28.3. The SMILES string of the molecule is O=C(NC1SCCC1C(=O)N1CCSCC1)C1Nc2ccccc2S1. The Morgan fingerprint density at radius 3 is 2.76 bits per heavy atom. The summed E-state index contributed by atoms with van der Waals surface area (Å²) in [7, 11) is 0. The minimum Gasteiger partial charge on any atom is -0.364 e. The Bertz CT molecular complexity index is 641. The summed E-state index contributed by atoms with van der Waals surface area (Å²) in [6.07, 6.45) is 0.851. The third-order valence-corrected chi connectivity index (χ3v) is 8.07. The van der Waals surface area contributed by atoms with E-state index in [2.05, 4.69) is 10.6 Å². The molecule has 2 saturated heterocycles. The molecular weight excluding hydrogens is 374 g/mol. The van der Waals surface area contributed by atoms with Crippen LogP contribution in [0.4, 0.5) is 5.69 Å². The van der Waals surface area contributed by atoms with Crippen LogP contribution >= 0.6 is 35.3 Å². The minimum absolute atomic E-state index is 0.0346. The second-order valence-corrected chi connectivity index (χ2v) is 9.89. The lowest BCUT2D eigenvalue weighted by Gasteiger charge is -2.31. The topological polar surface area (TPSA) is 61.4 Å². The van der Waals surface area contributed by atoms with Gasteiger partial charge in [0.1, 0.15) is 0 Å². The van der Waals surface area contributed by atoms with Crippen molar-refractivity contribution in [2.24, 2.45) is 5.92 Å². The van der Waals surface area contributed by atoms with Crippen LogP contribution in [0.2, 0.25) is 0 Å². The Balaban J connectivity index is 1.36. The maximum absolute atomic E-state index is 12.8. The van der Waals surface area contributed by atoms with Crippen molar-refractivity contribution < 1.29 is 9.59 Å². The van der Waals surface area contributed by atoms with Crippen molar-refractivity contribution in [1.29, 1.82) is 0 Å². The summed E-state index contributed by atoms with van der Waals surface area (Å²) in [6, 6.07) is 7.95. The van der Waals surface area contributed by atoms with E-state index in [1.807, 2.05) is 40.9 Å². The summed E-state index contributed by atoms with van der Waals surface area (Å²) in [5.41, 5.74) is 1.00. The smallest absolute Gasteiger partial charge is 0.254 e. The molecule has 0 aromatic heterocycles. The molecule has 0 spiro atoms. The van der Waals surface area contributed by atoms with E-state index in [-0.39, 0.29) is 28.5 Å². The Hall–Kier alpha value is -0.990. The van der Waals surface area contributed by atoms with Crippen LogP contribution in [0.1, 0.15) is 6.42 Å². The van der Waals surface area contributed by atoms with Gasteiger partial charge in [-0.1, -0.05) is 23.9 Å². The van der Waals surface area contributed by atoms with Crippen LogP contribution < -0.4 is 10.6 Å². The number of carbonyl (C=O) groups excluding carboxylic acids is 2. The van der Waals surface area contributed by atoms with Crippen LogP contribution in [0.25, 0.3) is 0 Å². The predicted molar refractivity (Wildman–Crippen MR) is 106 cm³/mol. The first kappa shape index (κ1) is 17.4. The standard InChI is InChI=1S/C17H21N3O2S3/c21-14(16-18-12-3-1-2-4-13(12)25-16)19-15-11(5-8-24-15)17(22)20-6-9-23-10-7-20/h1-4,11,15-16,18H,5-10H2,(H,19,21). The molecule has 3 heterocycles. The third-order valence-electron chi connectivity index (χ3n) is 4.67. The van der Waals surface area contributed by atoms with Gasteiger partial charge in [-0.2, -0.15) is 11.8 Å². The molecule has 2 amide bonds. The van der Waals surface area contributed by atoms with E-state index in [9.17, 15) is 9.59 Å². The Morgan fingerprint density at radius 1 is 1.16 bits per heavy atom. The number of amides is 2. The fourth-order valence-corrected chi connectivity index (χ4v) is 6.58. The number of para-hydroxylation sites is 1. The van der Waals surface area contributed by atoms with E-state index < -0.39 is 0 Å². The van der Waals surface area contributed by atoms with Gasteiger partial charge in [-0.15, -0.1) is 11.8 Å². The molecule has 0 aliphatic carbocycles. The number of hydrogen-bond acceptors (Lipinski definition) is 6. The van der Waals surface area contributed by atoms with Crippen molar-refractivity contribution in [2.75, 3.05) is 35.7 Å². The van der Waals surface area contributed by atoms with Crippen molar-refractivity contribution >= 4 is 52.8 Å². The fraction of sp³-hybridized carbons (Fsp3) is 0.529. The number of fused-ring (bicyclic) bond motifs is 1. The quantitative estimate of drug-likeness (QED) is 0.819. The first-order valence-electron chi connectivity index (χ1n) is 8.53. The van der Waals surface area contributed by atoms with Gasteiger partial charge < -0.3 is 15.5 Å². The summed E-state index contributed by atoms with van der Waals surface area (Å²) in [5.74, 6) is 3.05. The molecule has 4 rings (SSSR count). The van der Waals surface area contributed by atoms with E-state index in [4.69, 9.17) is 0 Å². The van der Waals surface area contributed by atoms with E-state index >= 15 is 0 Å². The number of nitrogens with one attached hydrogen (secondary N) is 2. The fourth-order valence-electron chi connectivity index (χ4n) is 3.32. The summed E-state index contributed by atoms with van der Waals surface area (Å²) < 4.78 is 0. The number of carbonyl (C=O) groups is 2. The van der Waals surface area contributed by atoms with Gasteiger partial charge >= 0.3 is 0 Å². The average molecular weight is 396 g/mol. The molecule has 3 unspecified atom stereocenters. The van der Waals surface area contributed by atoms with Gasteiger partial charge in [-0.3, -0.25) is 9.59 Å². The van der Waals surface area contributed by atoms with Crippen molar-refractivity contribution in [1.82, 2.24) is 10.2 Å². The van der Waals surface area contributed by atoms with E-state index in [0.29, 0.717) is 0 Å². The maximum atomic E-state index is 12.8. The number of hydrogen-bond donors (Lipinski definition) is 2. The van der Waals surface area contributed by atoms with Gasteiger partial charge in [-0.05, 0) is 24.3 Å². The molecule has 25 heavy (non-hydrogen) atoms. The summed E-state index contributed by atoms with van der Waals surface area (Å²) in [4.78, 5) is 28.6. The van der Waals surface area contributed by atoms with Crippen LogP contribution in [0.3, 0.4) is 0 Å². The van der Waals surface area contributed by atoms with Gasteiger partial charge in [-0.25, -0.2) is 0 Å². The molecule has 8 heteroatoms. The molecule has 2 N–H and O–H groups in total. The molecule has 5 nitrogen and oxygen atoms in total. The van der Waals surface area contributed by atoms with Crippen molar-refractivity contribution in [3.8, 4) is 0 Å². The second-order valence-electron chi connectivity index (χ2n) is 6.27. The average Bonchev–Trinajstić information content (AvgIpc) is 3.28. The van der Waals surface area contributed by atoms with Crippen LogP contribution in [0.15, 0.2) is 29.2 Å². The van der Waals surface area contributed by atoms with Gasteiger partial charge in [0, 0.05) is 35.2 Å². The zero-order valence-corrected chi connectivity index (χ0v) is 16.2. The zero-order valence-electron chi connectivity index (χ0n) is 13.8. The highest BCUT2D eigenvalue weighted by atomic mass is 32.2. The van der Waals surface area contributed by atoms with Crippen molar-refractivity contribution in [3.05, 3.63) is 24.3 Å². The molecule has 3 aliphatic heterocycles. The Kier molecular flexibility index (Phi) is 5.38. The molecule has 3 atom stereocenters. The van der Waals surface area contributed by atoms with Gasteiger partial charge in [0.05, 0.1) is 11.3 Å². The van der Waals surface area contributed by atoms with Crippen LogP contribution in [-0.4, -0.2) is 57.8 Å². The Morgan fingerprint density at radius 2 is 1.96 bits per heavy atom. The first-order valence-corrected chi connectivity index (χ1v) is 11.6. The van der Waals surface area contributed by atoms with Crippen molar-refractivity contribution in [2.45, 2.75) is 22.1 Å². The number of nitrogens with zero attached hydrogens (tertiary/aromatic N) is 1. The molecule has 0 saturated carbocycles. The molecule has 1 aromatic rings. The first-order chi connectivity index (χ1) is 12.2. The number of rotatable bonds is 3. The largest absolute Gasteiger partial charge is 0.364 e. The zero-order chi connectivity index (χ0) is 17.2. The molecule has 1 aromatic carbocycles. The highest BCUT2D eigenvalue weighted by Gasteiger charge is 2.39. The van der Waals surface area contributed by atoms with Gasteiger partial charge in [0.25, 0.3) is 5.91 Å². The molecular formula is C17H21N3O2S3. The van der Waals surface area contributed by atoms with E-state index in [0.717, 1.165) is 47.4 Å². The van der Waals surface area contributed by atoms with Crippen LogP contribution in [-0.2, 0) is 9.59 Å². The lowest BCUT2D eigenvalue weighted by molar-refractivity contribution is -0.135. The Labute approximate surface area is 160 Å². The lowest BCUT2D eigenvalue weighted by atomic mass is 10.0. The third kappa shape index (κ3) is 3.75.